The summed E-state index contributed by atoms with van der Waals surface area (Å²) < 4.78 is 1.97. The molecule has 2 N–H and O–H groups in total. The van der Waals surface area contributed by atoms with Gasteiger partial charge in [0.1, 0.15) is 11.9 Å². The van der Waals surface area contributed by atoms with Gasteiger partial charge in [-0.15, -0.1) is 0 Å². The maximum atomic E-state index is 12.8. The Bertz CT molecular complexity index is 846. The minimum Gasteiger partial charge on any atom is -0.342 e. The smallest absolute Gasteiger partial charge is 0.247 e. The van der Waals surface area contributed by atoms with Gasteiger partial charge in [0.15, 0.2) is 0 Å². The third-order valence-electron chi connectivity index (χ3n) is 4.30. The van der Waals surface area contributed by atoms with E-state index < -0.39 is 0 Å². The molecule has 1 amide bonds. The van der Waals surface area contributed by atoms with Gasteiger partial charge in [-0.3, -0.25) is 4.79 Å². The minimum atomic E-state index is -0.210. The molecule has 1 aromatic carbocycles. The average Bonchev–Trinajstić information content (AvgIpc) is 3.21. The van der Waals surface area contributed by atoms with E-state index in [1.807, 2.05) is 47.3 Å². The fourth-order valence-electron chi connectivity index (χ4n) is 2.97. The summed E-state index contributed by atoms with van der Waals surface area (Å²) in [5, 5.41) is 3.06. The van der Waals surface area contributed by atoms with Crippen LogP contribution in [0.2, 0.25) is 0 Å². The van der Waals surface area contributed by atoms with Gasteiger partial charge in [0.05, 0.1) is 11.0 Å². The SMILES string of the molecule is CC(C)CC(C(=O)Nc1ccc2nc(C(C)C)[nH]c2c1)n1cccc1. The zero-order valence-corrected chi connectivity index (χ0v) is 15.3. The Morgan fingerprint density at radius 2 is 1.92 bits per heavy atom. The number of carbonyl (C=O) groups is 1. The van der Waals surface area contributed by atoms with Crippen molar-refractivity contribution in [1.29, 1.82) is 0 Å². The van der Waals surface area contributed by atoms with Gasteiger partial charge in [-0.25, -0.2) is 4.98 Å². The highest BCUT2D eigenvalue weighted by Crippen LogP contribution is 2.23. The number of aromatic nitrogens is 3. The number of carbonyl (C=O) groups excluding carboxylic acids is 1. The number of rotatable bonds is 6. The van der Waals surface area contributed by atoms with E-state index in [0.717, 1.165) is 29.0 Å². The van der Waals surface area contributed by atoms with Crippen LogP contribution in [0.5, 0.6) is 0 Å². The van der Waals surface area contributed by atoms with Crippen molar-refractivity contribution in [3.05, 3.63) is 48.5 Å². The molecule has 2 aromatic heterocycles. The molecule has 0 bridgehead atoms. The number of aromatic amines is 1. The van der Waals surface area contributed by atoms with Crippen LogP contribution >= 0.6 is 0 Å². The number of imidazole rings is 1. The summed E-state index contributed by atoms with van der Waals surface area (Å²) in [6.07, 6.45) is 4.68. The molecular weight excluding hydrogens is 312 g/mol. The molecule has 0 aliphatic carbocycles. The lowest BCUT2D eigenvalue weighted by atomic mass is 10.0. The van der Waals surface area contributed by atoms with E-state index in [0.29, 0.717) is 11.8 Å². The number of hydrogen-bond acceptors (Lipinski definition) is 2. The molecule has 3 rings (SSSR count). The summed E-state index contributed by atoms with van der Waals surface area (Å²) in [6.45, 7) is 8.48. The molecule has 132 valence electrons. The van der Waals surface area contributed by atoms with Crippen LogP contribution in [-0.2, 0) is 4.79 Å². The minimum absolute atomic E-state index is 0.00727. The first-order valence-corrected chi connectivity index (χ1v) is 8.87. The summed E-state index contributed by atoms with van der Waals surface area (Å²) in [4.78, 5) is 20.7. The Labute approximate surface area is 148 Å². The van der Waals surface area contributed by atoms with Gasteiger partial charge in [0.25, 0.3) is 0 Å². The predicted octanol–water partition coefficient (Wildman–Crippen LogP) is 4.71. The zero-order chi connectivity index (χ0) is 18.0. The first kappa shape index (κ1) is 17.3. The maximum absolute atomic E-state index is 12.8. The number of fused-ring (bicyclic) bond motifs is 1. The van der Waals surface area contributed by atoms with E-state index in [2.05, 4.69) is 43.0 Å². The van der Waals surface area contributed by atoms with Gasteiger partial charge in [0.2, 0.25) is 5.91 Å². The summed E-state index contributed by atoms with van der Waals surface area (Å²) in [5.74, 6) is 1.74. The molecule has 0 radical (unpaired) electrons. The third-order valence-corrected chi connectivity index (χ3v) is 4.30. The van der Waals surface area contributed by atoms with Crippen LogP contribution in [0.3, 0.4) is 0 Å². The van der Waals surface area contributed by atoms with Crippen molar-refractivity contribution in [2.75, 3.05) is 5.32 Å². The largest absolute Gasteiger partial charge is 0.342 e. The molecule has 5 nitrogen and oxygen atoms in total. The van der Waals surface area contributed by atoms with Crippen molar-refractivity contribution < 1.29 is 4.79 Å². The van der Waals surface area contributed by atoms with Gasteiger partial charge in [-0.1, -0.05) is 27.7 Å². The molecular formula is C20H26N4O. The Kier molecular flexibility index (Phi) is 4.93. The lowest BCUT2D eigenvalue weighted by molar-refractivity contribution is -0.119. The van der Waals surface area contributed by atoms with E-state index in [1.54, 1.807) is 0 Å². The number of nitrogens with one attached hydrogen (secondary N) is 2. The topological polar surface area (TPSA) is 62.7 Å². The standard InChI is InChI=1S/C20H26N4O/c1-13(2)11-18(24-9-5-6-10-24)20(25)21-15-7-8-16-17(12-15)23-19(22-16)14(3)4/h5-10,12-14,18H,11H2,1-4H3,(H,21,25)(H,22,23). The molecule has 0 saturated carbocycles. The Balaban J connectivity index is 1.82. The van der Waals surface area contributed by atoms with E-state index in [-0.39, 0.29) is 11.9 Å². The van der Waals surface area contributed by atoms with Crippen molar-refractivity contribution in [1.82, 2.24) is 14.5 Å². The summed E-state index contributed by atoms with van der Waals surface area (Å²) >= 11 is 0. The molecule has 0 fully saturated rings. The van der Waals surface area contributed by atoms with Crippen molar-refractivity contribution in [2.45, 2.75) is 46.1 Å². The number of hydrogen-bond donors (Lipinski definition) is 2. The van der Waals surface area contributed by atoms with Gasteiger partial charge >= 0.3 is 0 Å². The third kappa shape index (κ3) is 3.92. The Morgan fingerprint density at radius 3 is 2.56 bits per heavy atom. The fourth-order valence-corrected chi connectivity index (χ4v) is 2.97. The van der Waals surface area contributed by atoms with Crippen LogP contribution in [0.4, 0.5) is 5.69 Å². The lowest BCUT2D eigenvalue weighted by Crippen LogP contribution is -2.26. The van der Waals surface area contributed by atoms with Crippen LogP contribution in [0, 0.1) is 5.92 Å². The van der Waals surface area contributed by atoms with Gasteiger partial charge in [-0.2, -0.15) is 0 Å². The molecule has 1 unspecified atom stereocenters. The lowest BCUT2D eigenvalue weighted by Gasteiger charge is -2.20. The molecule has 0 spiro atoms. The number of benzene rings is 1. The highest BCUT2D eigenvalue weighted by atomic mass is 16.2. The van der Waals surface area contributed by atoms with Crippen LogP contribution in [-0.4, -0.2) is 20.4 Å². The first-order chi connectivity index (χ1) is 11.9. The molecule has 1 atom stereocenters. The van der Waals surface area contributed by atoms with E-state index in [1.165, 1.54) is 0 Å². The number of nitrogens with zero attached hydrogens (tertiary/aromatic N) is 2. The van der Waals surface area contributed by atoms with Crippen molar-refractivity contribution in [2.24, 2.45) is 5.92 Å². The number of anilines is 1. The van der Waals surface area contributed by atoms with E-state index in [4.69, 9.17) is 0 Å². The Morgan fingerprint density at radius 1 is 1.20 bits per heavy atom. The second-order valence-electron chi connectivity index (χ2n) is 7.27. The monoisotopic (exact) mass is 338 g/mol. The molecule has 0 saturated heterocycles. The molecule has 0 aliphatic heterocycles. The highest BCUT2D eigenvalue weighted by Gasteiger charge is 2.21. The summed E-state index contributed by atoms with van der Waals surface area (Å²) in [6, 6.07) is 9.50. The van der Waals surface area contributed by atoms with Crippen molar-refractivity contribution >= 4 is 22.6 Å². The van der Waals surface area contributed by atoms with Crippen LogP contribution in [0.15, 0.2) is 42.7 Å². The molecule has 0 aliphatic rings. The van der Waals surface area contributed by atoms with Crippen LogP contribution < -0.4 is 5.32 Å². The number of amides is 1. The highest BCUT2D eigenvalue weighted by molar-refractivity contribution is 5.95. The van der Waals surface area contributed by atoms with Crippen molar-refractivity contribution in [3.8, 4) is 0 Å². The second kappa shape index (κ2) is 7.13. The van der Waals surface area contributed by atoms with Crippen LogP contribution in [0.1, 0.15) is 51.9 Å². The maximum Gasteiger partial charge on any atom is 0.247 e. The van der Waals surface area contributed by atoms with Gasteiger partial charge < -0.3 is 14.9 Å². The Hall–Kier alpha value is -2.56. The molecule has 25 heavy (non-hydrogen) atoms. The molecule has 5 heteroatoms. The second-order valence-corrected chi connectivity index (χ2v) is 7.27. The normalized spacial score (nSPS) is 12.9. The molecule has 3 aromatic rings. The van der Waals surface area contributed by atoms with E-state index >= 15 is 0 Å². The fraction of sp³-hybridized carbons (Fsp3) is 0.400. The summed E-state index contributed by atoms with van der Waals surface area (Å²) in [7, 11) is 0. The zero-order valence-electron chi connectivity index (χ0n) is 15.3. The van der Waals surface area contributed by atoms with Crippen molar-refractivity contribution in [3.63, 3.8) is 0 Å². The number of H-pyrrole nitrogens is 1. The van der Waals surface area contributed by atoms with E-state index in [9.17, 15) is 4.79 Å². The average molecular weight is 338 g/mol. The first-order valence-electron chi connectivity index (χ1n) is 8.87. The molecule has 2 heterocycles. The quantitative estimate of drug-likeness (QED) is 0.683. The predicted molar refractivity (Wildman–Crippen MR) is 102 cm³/mol. The van der Waals surface area contributed by atoms with Gasteiger partial charge in [-0.05, 0) is 42.7 Å². The summed E-state index contributed by atoms with van der Waals surface area (Å²) in [5.41, 5.74) is 2.66. The van der Waals surface area contributed by atoms with Gasteiger partial charge in [0, 0.05) is 24.0 Å². The van der Waals surface area contributed by atoms with Crippen LogP contribution in [0.25, 0.3) is 11.0 Å².